The predicted molar refractivity (Wildman–Crippen MR) is 76.1 cm³/mol. The minimum Gasteiger partial charge on any atom is -0.0770 e. The number of allylic oxidation sites excluding steroid dienone is 2. The summed E-state index contributed by atoms with van der Waals surface area (Å²) >= 11 is 0. The topological polar surface area (TPSA) is 0 Å². The highest BCUT2D eigenvalue weighted by molar-refractivity contribution is 5.69. The average Bonchev–Trinajstić information content (AvgIpc) is 2.44. The summed E-state index contributed by atoms with van der Waals surface area (Å²) in [7, 11) is 0. The van der Waals surface area contributed by atoms with Crippen LogP contribution < -0.4 is 0 Å². The minimum atomic E-state index is 0.866. The fraction of sp³-hybridized carbons (Fsp3) is 0.556. The van der Waals surface area contributed by atoms with E-state index in [2.05, 4.69) is 36.4 Å². The number of benzene rings is 1. The van der Waals surface area contributed by atoms with E-state index >= 15 is 0 Å². The van der Waals surface area contributed by atoms with Crippen LogP contribution in [0.3, 0.4) is 0 Å². The first-order valence-electron chi connectivity index (χ1n) is 7.69. The van der Waals surface area contributed by atoms with Crippen molar-refractivity contribution < 1.29 is 0 Å². The van der Waals surface area contributed by atoms with Gasteiger partial charge in [-0.25, -0.2) is 0 Å². The third-order valence-corrected chi connectivity index (χ3v) is 5.70. The van der Waals surface area contributed by atoms with Crippen molar-refractivity contribution in [3.8, 4) is 0 Å². The van der Waals surface area contributed by atoms with E-state index in [1.165, 1.54) is 44.1 Å². The van der Waals surface area contributed by atoms with Crippen LogP contribution >= 0.6 is 0 Å². The SMILES string of the molecule is C1=C(c2ccccc2)[C@@H]2CC[C@H]1C1CCC2CC1. The van der Waals surface area contributed by atoms with Crippen LogP contribution in [0.4, 0.5) is 0 Å². The monoisotopic (exact) mass is 238 g/mol. The van der Waals surface area contributed by atoms with Crippen molar-refractivity contribution in [2.24, 2.45) is 23.7 Å². The number of hydrogen-bond donors (Lipinski definition) is 0. The molecule has 0 saturated heterocycles. The normalized spacial score (nSPS) is 38.1. The lowest BCUT2D eigenvalue weighted by molar-refractivity contribution is 0.141. The Morgan fingerprint density at radius 2 is 1.44 bits per heavy atom. The van der Waals surface area contributed by atoms with Gasteiger partial charge in [-0.3, -0.25) is 0 Å². The van der Waals surface area contributed by atoms with Crippen LogP contribution in [0.1, 0.15) is 44.1 Å². The van der Waals surface area contributed by atoms with Crippen LogP contribution in [-0.2, 0) is 0 Å². The molecule has 0 nitrogen and oxygen atoms in total. The van der Waals surface area contributed by atoms with Gasteiger partial charge in [-0.05, 0) is 73.3 Å². The van der Waals surface area contributed by atoms with Crippen molar-refractivity contribution in [3.63, 3.8) is 0 Å². The summed E-state index contributed by atoms with van der Waals surface area (Å²) in [4.78, 5) is 0. The molecular weight excluding hydrogens is 216 g/mol. The lowest BCUT2D eigenvalue weighted by Crippen LogP contribution is -2.33. The van der Waals surface area contributed by atoms with Gasteiger partial charge in [0.15, 0.2) is 0 Å². The Morgan fingerprint density at radius 3 is 2.22 bits per heavy atom. The second-order valence-electron chi connectivity index (χ2n) is 6.51. The molecule has 0 unspecified atom stereocenters. The quantitative estimate of drug-likeness (QED) is 0.651. The molecule has 3 fully saturated rings. The molecule has 7 rings (SSSR count). The molecular formula is C18H22. The van der Waals surface area contributed by atoms with Gasteiger partial charge in [0.1, 0.15) is 0 Å². The van der Waals surface area contributed by atoms with E-state index in [0.29, 0.717) is 0 Å². The molecule has 0 N–H and O–H groups in total. The standard InChI is InChI=1S/C18H22/c1-2-4-14(5-3-1)18-12-16-10-11-17(18)15-8-6-13(16)7-9-15/h1-5,12-13,15-17H,6-11H2/t13?,15?,16-,17-/m1/s1. The smallest absolute Gasteiger partial charge is 0.0131 e. The van der Waals surface area contributed by atoms with Gasteiger partial charge < -0.3 is 0 Å². The summed E-state index contributed by atoms with van der Waals surface area (Å²) in [5, 5.41) is 0. The highest BCUT2D eigenvalue weighted by atomic mass is 14.4. The first kappa shape index (κ1) is 10.8. The molecule has 0 spiro atoms. The summed E-state index contributed by atoms with van der Waals surface area (Å²) < 4.78 is 0. The Kier molecular flexibility index (Phi) is 2.57. The maximum atomic E-state index is 2.67. The molecule has 94 valence electrons. The second kappa shape index (κ2) is 4.26. The van der Waals surface area contributed by atoms with Crippen LogP contribution in [0.5, 0.6) is 0 Å². The molecule has 0 aliphatic heterocycles. The van der Waals surface area contributed by atoms with Crippen molar-refractivity contribution in [2.45, 2.75) is 38.5 Å². The van der Waals surface area contributed by atoms with Gasteiger partial charge >= 0.3 is 0 Å². The van der Waals surface area contributed by atoms with E-state index in [9.17, 15) is 0 Å². The van der Waals surface area contributed by atoms with Crippen LogP contribution in [0.15, 0.2) is 36.4 Å². The van der Waals surface area contributed by atoms with Crippen molar-refractivity contribution in [3.05, 3.63) is 42.0 Å². The first-order valence-corrected chi connectivity index (χ1v) is 7.69. The highest BCUT2D eigenvalue weighted by Crippen LogP contribution is 2.52. The zero-order chi connectivity index (χ0) is 11.9. The van der Waals surface area contributed by atoms with Gasteiger partial charge in [-0.2, -0.15) is 0 Å². The maximum Gasteiger partial charge on any atom is -0.0131 e. The molecule has 6 aliphatic carbocycles. The zero-order valence-corrected chi connectivity index (χ0v) is 11.0. The van der Waals surface area contributed by atoms with Gasteiger partial charge in [0.2, 0.25) is 0 Å². The molecule has 6 aliphatic rings. The molecule has 2 atom stereocenters. The molecule has 0 heterocycles. The summed E-state index contributed by atoms with van der Waals surface area (Å²) in [5.41, 5.74) is 3.20. The number of hydrogen-bond acceptors (Lipinski definition) is 0. The van der Waals surface area contributed by atoms with E-state index in [0.717, 1.165) is 23.7 Å². The van der Waals surface area contributed by atoms with Gasteiger partial charge in [-0.1, -0.05) is 36.4 Å². The lowest BCUT2D eigenvalue weighted by atomic mass is 9.59. The Hall–Kier alpha value is -1.04. The minimum absolute atomic E-state index is 0.866. The maximum absolute atomic E-state index is 2.67. The molecule has 0 amide bonds. The molecule has 4 bridgehead atoms. The Bertz CT molecular complexity index is 448. The van der Waals surface area contributed by atoms with Crippen LogP contribution in [0.25, 0.3) is 5.57 Å². The molecule has 18 heavy (non-hydrogen) atoms. The molecule has 0 aromatic heterocycles. The van der Waals surface area contributed by atoms with Crippen LogP contribution in [0, 0.1) is 23.7 Å². The van der Waals surface area contributed by atoms with Crippen LogP contribution in [-0.4, -0.2) is 0 Å². The zero-order valence-electron chi connectivity index (χ0n) is 11.0. The van der Waals surface area contributed by atoms with Crippen LogP contribution in [0.2, 0.25) is 0 Å². The third kappa shape index (κ3) is 1.66. The van der Waals surface area contributed by atoms with E-state index in [1.807, 2.05) is 0 Å². The van der Waals surface area contributed by atoms with E-state index < -0.39 is 0 Å². The molecule has 0 heteroatoms. The molecule has 1 aromatic rings. The summed E-state index contributed by atoms with van der Waals surface area (Å²) in [5.74, 6) is 3.73. The van der Waals surface area contributed by atoms with Gasteiger partial charge in [0, 0.05) is 0 Å². The summed E-state index contributed by atoms with van der Waals surface area (Å²) in [6.45, 7) is 0. The van der Waals surface area contributed by atoms with Crippen molar-refractivity contribution in [2.75, 3.05) is 0 Å². The largest absolute Gasteiger partial charge is 0.0770 e. The average molecular weight is 238 g/mol. The van der Waals surface area contributed by atoms with E-state index in [1.54, 1.807) is 5.57 Å². The van der Waals surface area contributed by atoms with Crippen molar-refractivity contribution >= 4 is 5.57 Å². The predicted octanol–water partition coefficient (Wildman–Crippen LogP) is 4.92. The fourth-order valence-electron chi connectivity index (χ4n) is 4.74. The fourth-order valence-corrected chi connectivity index (χ4v) is 4.74. The second-order valence-corrected chi connectivity index (χ2v) is 6.51. The Labute approximate surface area is 110 Å². The van der Waals surface area contributed by atoms with E-state index in [-0.39, 0.29) is 0 Å². The lowest BCUT2D eigenvalue weighted by Gasteiger charge is -2.45. The Morgan fingerprint density at radius 1 is 0.722 bits per heavy atom. The van der Waals surface area contributed by atoms with Gasteiger partial charge in [0.05, 0.1) is 0 Å². The third-order valence-electron chi connectivity index (χ3n) is 5.70. The van der Waals surface area contributed by atoms with Crippen molar-refractivity contribution in [1.82, 2.24) is 0 Å². The molecule has 1 aromatic carbocycles. The Balaban J connectivity index is 1.79. The summed E-state index contributed by atoms with van der Waals surface area (Å²) in [6.07, 6.45) is 11.6. The number of rotatable bonds is 1. The molecule has 3 saturated carbocycles. The van der Waals surface area contributed by atoms with Crippen molar-refractivity contribution in [1.29, 1.82) is 0 Å². The van der Waals surface area contributed by atoms with E-state index in [4.69, 9.17) is 0 Å². The highest BCUT2D eigenvalue weighted by Gasteiger charge is 2.39. The first-order chi connectivity index (χ1) is 8.92. The molecule has 0 radical (unpaired) electrons. The summed E-state index contributed by atoms with van der Waals surface area (Å²) in [6, 6.07) is 11.2. The van der Waals surface area contributed by atoms with Gasteiger partial charge in [-0.15, -0.1) is 0 Å². The van der Waals surface area contributed by atoms with Gasteiger partial charge in [0.25, 0.3) is 0 Å².